The molecule has 3 rings (SSSR count). The molecule has 1 atom stereocenters. The average molecular weight is 336 g/mol. The minimum Gasteiger partial charge on any atom is -0.392 e. The first kappa shape index (κ1) is 16.3. The number of carbonyl (C=O) groups excluding carboxylic acids is 1. The average Bonchev–Trinajstić information content (AvgIpc) is 2.89. The van der Waals surface area contributed by atoms with E-state index in [4.69, 9.17) is 11.6 Å². The van der Waals surface area contributed by atoms with Gasteiger partial charge in [-0.1, -0.05) is 17.7 Å². The highest BCUT2D eigenvalue weighted by atomic mass is 35.5. The topological polar surface area (TPSA) is 59.6 Å². The second-order valence-electron chi connectivity index (χ2n) is 6.21. The minimum atomic E-state index is -0.324. The Morgan fingerprint density at radius 2 is 2.09 bits per heavy atom. The summed E-state index contributed by atoms with van der Waals surface area (Å²) in [6.07, 6.45) is 1.97. The van der Waals surface area contributed by atoms with Crippen molar-refractivity contribution in [3.63, 3.8) is 0 Å². The van der Waals surface area contributed by atoms with Gasteiger partial charge in [0.15, 0.2) is 0 Å². The fourth-order valence-electron chi connectivity index (χ4n) is 3.13. The Kier molecular flexibility index (Phi) is 4.90. The van der Waals surface area contributed by atoms with Gasteiger partial charge in [0.25, 0.3) is 0 Å². The first-order valence-corrected chi connectivity index (χ1v) is 8.34. The van der Waals surface area contributed by atoms with Gasteiger partial charge in [-0.2, -0.15) is 0 Å². The fraction of sp³-hybridized carbons (Fsp3) is 0.471. The number of aromatic nitrogens is 1. The molecule has 0 saturated carbocycles. The number of hydrogen-bond donors (Lipinski definition) is 2. The van der Waals surface area contributed by atoms with Crippen molar-refractivity contribution in [2.45, 2.75) is 19.4 Å². The van der Waals surface area contributed by atoms with Crippen molar-refractivity contribution in [1.29, 1.82) is 0 Å². The molecule has 1 aliphatic rings. The molecule has 0 aliphatic carbocycles. The Labute approximate surface area is 140 Å². The van der Waals surface area contributed by atoms with Gasteiger partial charge in [-0.05, 0) is 24.6 Å². The number of carbonyl (C=O) groups is 1. The summed E-state index contributed by atoms with van der Waals surface area (Å²) in [7, 11) is 0. The summed E-state index contributed by atoms with van der Waals surface area (Å²) in [6, 6.07) is 5.68. The molecule has 0 radical (unpaired) electrons. The second kappa shape index (κ2) is 6.91. The fourth-order valence-corrected chi connectivity index (χ4v) is 3.31. The van der Waals surface area contributed by atoms with Crippen LogP contribution >= 0.6 is 11.6 Å². The number of nitrogens with zero attached hydrogens (tertiary/aromatic N) is 2. The van der Waals surface area contributed by atoms with E-state index in [1.807, 2.05) is 29.3 Å². The van der Waals surface area contributed by atoms with Crippen molar-refractivity contribution in [3.05, 3.63) is 35.0 Å². The summed E-state index contributed by atoms with van der Waals surface area (Å²) >= 11 is 5.99. The van der Waals surface area contributed by atoms with Gasteiger partial charge in [-0.3, -0.25) is 9.69 Å². The Hall–Kier alpha value is -1.56. The zero-order valence-corrected chi connectivity index (χ0v) is 14.0. The lowest BCUT2D eigenvalue weighted by molar-refractivity contribution is -0.132. The molecule has 124 valence electrons. The lowest BCUT2D eigenvalue weighted by Crippen LogP contribution is -2.50. The van der Waals surface area contributed by atoms with Gasteiger partial charge in [0.1, 0.15) is 0 Å². The maximum absolute atomic E-state index is 12.5. The van der Waals surface area contributed by atoms with Crippen LogP contribution in [-0.2, 0) is 11.2 Å². The Morgan fingerprint density at radius 3 is 2.78 bits per heavy atom. The first-order chi connectivity index (χ1) is 11.0. The van der Waals surface area contributed by atoms with E-state index in [1.54, 1.807) is 6.92 Å². The zero-order valence-electron chi connectivity index (χ0n) is 13.3. The molecular formula is C17H22ClN3O2. The number of β-amino-alcohol motifs (C(OH)–C–C–N with tert-alkyl or cyclic N) is 1. The predicted octanol–water partition coefficient (Wildman–Crippen LogP) is 1.89. The number of aromatic amines is 1. The number of fused-ring (bicyclic) bond motifs is 1. The molecule has 2 aromatic rings. The van der Waals surface area contributed by atoms with Crippen LogP contribution < -0.4 is 0 Å². The van der Waals surface area contributed by atoms with Gasteiger partial charge in [0, 0.05) is 54.8 Å². The summed E-state index contributed by atoms with van der Waals surface area (Å²) in [4.78, 5) is 19.8. The van der Waals surface area contributed by atoms with E-state index in [1.165, 1.54) is 0 Å². The second-order valence-corrected chi connectivity index (χ2v) is 6.65. The van der Waals surface area contributed by atoms with Crippen LogP contribution in [0.5, 0.6) is 0 Å². The van der Waals surface area contributed by atoms with Crippen molar-refractivity contribution < 1.29 is 9.90 Å². The van der Waals surface area contributed by atoms with Crippen LogP contribution in [0.15, 0.2) is 24.4 Å². The Bertz CT molecular complexity index is 690. The van der Waals surface area contributed by atoms with Gasteiger partial charge < -0.3 is 15.0 Å². The molecule has 1 amide bonds. The predicted molar refractivity (Wildman–Crippen MR) is 91.7 cm³/mol. The summed E-state index contributed by atoms with van der Waals surface area (Å²) in [6.45, 7) is 5.55. The van der Waals surface area contributed by atoms with Crippen molar-refractivity contribution in [2.24, 2.45) is 0 Å². The Balaban J connectivity index is 1.61. The molecular weight excluding hydrogens is 314 g/mol. The number of benzene rings is 1. The van der Waals surface area contributed by atoms with E-state index < -0.39 is 0 Å². The monoisotopic (exact) mass is 335 g/mol. The van der Waals surface area contributed by atoms with Crippen LogP contribution in [0.3, 0.4) is 0 Å². The maximum atomic E-state index is 12.5. The van der Waals surface area contributed by atoms with E-state index in [2.05, 4.69) is 9.88 Å². The highest BCUT2D eigenvalue weighted by Crippen LogP contribution is 2.23. The standard InChI is InChI=1S/C17H22ClN3O2/c1-12(22)11-20-4-6-21(7-5-20)17(23)8-13-10-19-16-9-14(18)2-3-15(13)16/h2-3,9-10,12,19,22H,4-8,11H2,1H3. The number of hydrogen-bond acceptors (Lipinski definition) is 3. The molecule has 1 fully saturated rings. The molecule has 0 spiro atoms. The van der Waals surface area contributed by atoms with Crippen LogP contribution in [0.4, 0.5) is 0 Å². The van der Waals surface area contributed by atoms with Gasteiger partial charge in [0.2, 0.25) is 5.91 Å². The number of aliphatic hydroxyl groups excluding tert-OH is 1. The molecule has 1 aromatic carbocycles. The number of piperazine rings is 1. The summed E-state index contributed by atoms with van der Waals surface area (Å²) in [5.74, 6) is 0.151. The molecule has 2 N–H and O–H groups in total. The number of H-pyrrole nitrogens is 1. The highest BCUT2D eigenvalue weighted by molar-refractivity contribution is 6.31. The van der Waals surface area contributed by atoms with Gasteiger partial charge in [0.05, 0.1) is 12.5 Å². The summed E-state index contributed by atoms with van der Waals surface area (Å²) in [5, 5.41) is 11.2. The molecule has 1 saturated heterocycles. The smallest absolute Gasteiger partial charge is 0.227 e. The van der Waals surface area contributed by atoms with E-state index in [0.717, 1.165) is 42.6 Å². The molecule has 1 aliphatic heterocycles. The Morgan fingerprint density at radius 1 is 1.35 bits per heavy atom. The minimum absolute atomic E-state index is 0.151. The van der Waals surface area contributed by atoms with E-state index >= 15 is 0 Å². The number of rotatable bonds is 4. The van der Waals surface area contributed by atoms with Crippen LogP contribution in [0.1, 0.15) is 12.5 Å². The number of amides is 1. The molecule has 0 bridgehead atoms. The van der Waals surface area contributed by atoms with Gasteiger partial charge in [-0.15, -0.1) is 0 Å². The van der Waals surface area contributed by atoms with Crippen molar-refractivity contribution in [3.8, 4) is 0 Å². The lowest BCUT2D eigenvalue weighted by atomic mass is 10.1. The number of nitrogens with one attached hydrogen (secondary N) is 1. The first-order valence-electron chi connectivity index (χ1n) is 7.96. The van der Waals surface area contributed by atoms with Crippen LogP contribution in [-0.4, -0.2) is 64.6 Å². The van der Waals surface area contributed by atoms with Gasteiger partial charge >= 0.3 is 0 Å². The van der Waals surface area contributed by atoms with Crippen molar-refractivity contribution in [2.75, 3.05) is 32.7 Å². The quantitative estimate of drug-likeness (QED) is 0.897. The molecule has 1 unspecified atom stereocenters. The van der Waals surface area contributed by atoms with E-state index in [0.29, 0.717) is 18.0 Å². The summed E-state index contributed by atoms with van der Waals surface area (Å²) < 4.78 is 0. The third kappa shape index (κ3) is 3.86. The van der Waals surface area contributed by atoms with Crippen LogP contribution in [0, 0.1) is 0 Å². The lowest BCUT2D eigenvalue weighted by Gasteiger charge is -2.35. The third-order valence-corrected chi connectivity index (χ3v) is 4.55. The van der Waals surface area contributed by atoms with Crippen molar-refractivity contribution >= 4 is 28.4 Å². The molecule has 5 nitrogen and oxygen atoms in total. The maximum Gasteiger partial charge on any atom is 0.227 e. The van der Waals surface area contributed by atoms with E-state index in [9.17, 15) is 9.90 Å². The van der Waals surface area contributed by atoms with E-state index in [-0.39, 0.29) is 12.0 Å². The molecule has 2 heterocycles. The normalized spacial score (nSPS) is 17.6. The molecule has 23 heavy (non-hydrogen) atoms. The largest absolute Gasteiger partial charge is 0.392 e. The molecule has 1 aromatic heterocycles. The van der Waals surface area contributed by atoms with Gasteiger partial charge in [-0.25, -0.2) is 0 Å². The molecule has 6 heteroatoms. The SMILES string of the molecule is CC(O)CN1CCN(C(=O)Cc2c[nH]c3cc(Cl)ccc23)CC1. The number of aliphatic hydroxyl groups is 1. The summed E-state index contributed by atoms with van der Waals surface area (Å²) in [5.41, 5.74) is 1.97. The highest BCUT2D eigenvalue weighted by Gasteiger charge is 2.22. The third-order valence-electron chi connectivity index (χ3n) is 4.32. The number of halogens is 1. The van der Waals surface area contributed by atoms with Crippen molar-refractivity contribution in [1.82, 2.24) is 14.8 Å². The van der Waals surface area contributed by atoms with Crippen LogP contribution in [0.25, 0.3) is 10.9 Å². The van der Waals surface area contributed by atoms with Crippen LogP contribution in [0.2, 0.25) is 5.02 Å². The zero-order chi connectivity index (χ0) is 16.4.